The second-order valence-corrected chi connectivity index (χ2v) is 5.87. The number of alkyl halides is 1. The summed E-state index contributed by atoms with van der Waals surface area (Å²) in [5, 5.41) is 2.75. The van der Waals surface area contributed by atoms with E-state index in [1.807, 2.05) is 0 Å². The van der Waals surface area contributed by atoms with Crippen LogP contribution in [0.2, 0.25) is 0 Å². The molecule has 1 fully saturated rings. The van der Waals surface area contributed by atoms with Crippen molar-refractivity contribution in [3.63, 3.8) is 0 Å². The molecule has 7 heteroatoms. The minimum atomic E-state index is -0.617. The minimum Gasteiger partial charge on any atom is -0.447 e. The highest BCUT2D eigenvalue weighted by atomic mass is 35.5. The van der Waals surface area contributed by atoms with Crippen molar-refractivity contribution in [1.82, 2.24) is 5.32 Å². The molecule has 1 N–H and O–H groups in total. The number of rotatable bonds is 4. The van der Waals surface area contributed by atoms with Crippen molar-refractivity contribution in [2.75, 3.05) is 23.9 Å². The number of anilines is 1. The average Bonchev–Trinajstić information content (AvgIpc) is 2.99. The van der Waals surface area contributed by atoms with Gasteiger partial charge in [-0.1, -0.05) is 0 Å². The van der Waals surface area contributed by atoms with Crippen LogP contribution >= 0.6 is 11.6 Å². The van der Waals surface area contributed by atoms with Crippen molar-refractivity contribution in [2.24, 2.45) is 0 Å². The molecule has 0 aromatic heterocycles. The van der Waals surface area contributed by atoms with E-state index in [-0.39, 0.29) is 24.2 Å². The van der Waals surface area contributed by atoms with Crippen LogP contribution in [0.1, 0.15) is 22.8 Å². The molecular weight excluding hydrogens is 308 g/mol. The molecule has 3 rings (SSSR count). The van der Waals surface area contributed by atoms with E-state index in [9.17, 15) is 14.4 Å². The molecule has 0 bridgehead atoms. The fraction of sp³-hybridized carbons (Fsp3) is 0.400. The van der Waals surface area contributed by atoms with Gasteiger partial charge in [-0.25, -0.2) is 4.79 Å². The first kappa shape index (κ1) is 14.8. The standard InChI is InChI=1S/C15H15ClN2O4/c1-9(19)17-7-15-5-11-4-10(13(20)6-16)2-3-12(11)18(15)14(21)22-8-15/h2-4H,5-8H2,1H3,(H,17,19). The number of hydrogen-bond donors (Lipinski definition) is 1. The third kappa shape index (κ3) is 2.23. The van der Waals surface area contributed by atoms with Crippen molar-refractivity contribution in [3.8, 4) is 0 Å². The lowest BCUT2D eigenvalue weighted by molar-refractivity contribution is -0.119. The zero-order chi connectivity index (χ0) is 15.9. The maximum absolute atomic E-state index is 12.0. The summed E-state index contributed by atoms with van der Waals surface area (Å²) in [4.78, 5) is 36.6. The molecule has 1 atom stereocenters. The van der Waals surface area contributed by atoms with Crippen LogP contribution in [0.5, 0.6) is 0 Å². The molecule has 0 radical (unpaired) electrons. The molecule has 2 heterocycles. The van der Waals surface area contributed by atoms with Gasteiger partial charge in [0.15, 0.2) is 5.78 Å². The number of Topliss-reactive ketones (excluding diaryl/α,β-unsaturated/α-hetero) is 1. The predicted octanol–water partition coefficient (Wildman–Crippen LogP) is 1.50. The molecule has 0 saturated carbocycles. The van der Waals surface area contributed by atoms with Crippen molar-refractivity contribution >= 4 is 35.1 Å². The van der Waals surface area contributed by atoms with Gasteiger partial charge in [0.2, 0.25) is 5.91 Å². The molecule has 2 amide bonds. The number of amides is 2. The van der Waals surface area contributed by atoms with Crippen LogP contribution in [0.3, 0.4) is 0 Å². The summed E-state index contributed by atoms with van der Waals surface area (Å²) in [6.07, 6.45) is 0.0955. The Hall–Kier alpha value is -2.08. The summed E-state index contributed by atoms with van der Waals surface area (Å²) < 4.78 is 5.16. The van der Waals surface area contributed by atoms with Gasteiger partial charge in [0.05, 0.1) is 11.6 Å². The van der Waals surface area contributed by atoms with Gasteiger partial charge in [0.25, 0.3) is 0 Å². The third-order valence-electron chi connectivity index (χ3n) is 4.07. The third-order valence-corrected chi connectivity index (χ3v) is 4.31. The van der Waals surface area contributed by atoms with E-state index in [2.05, 4.69) is 5.32 Å². The zero-order valence-electron chi connectivity index (χ0n) is 12.0. The Labute approximate surface area is 132 Å². The van der Waals surface area contributed by atoms with Crippen LogP contribution in [0.25, 0.3) is 0 Å². The van der Waals surface area contributed by atoms with E-state index in [4.69, 9.17) is 16.3 Å². The number of carbonyl (C=O) groups is 3. The number of fused-ring (bicyclic) bond motifs is 3. The zero-order valence-corrected chi connectivity index (χ0v) is 12.8. The fourth-order valence-corrected chi connectivity index (χ4v) is 3.19. The Morgan fingerprint density at radius 3 is 2.91 bits per heavy atom. The number of hydrogen-bond acceptors (Lipinski definition) is 4. The number of ether oxygens (including phenoxy) is 1. The number of ketones is 1. The highest BCUT2D eigenvalue weighted by Crippen LogP contribution is 2.43. The number of nitrogens with zero attached hydrogens (tertiary/aromatic N) is 1. The van der Waals surface area contributed by atoms with E-state index in [0.717, 1.165) is 11.3 Å². The van der Waals surface area contributed by atoms with Gasteiger partial charge in [-0.3, -0.25) is 14.5 Å². The molecule has 0 aliphatic carbocycles. The minimum absolute atomic E-state index is 0.0818. The molecule has 22 heavy (non-hydrogen) atoms. The average molecular weight is 323 g/mol. The van der Waals surface area contributed by atoms with Crippen molar-refractivity contribution in [2.45, 2.75) is 18.9 Å². The van der Waals surface area contributed by atoms with Crippen LogP contribution in [0.4, 0.5) is 10.5 Å². The second kappa shape index (κ2) is 5.28. The van der Waals surface area contributed by atoms with Crippen molar-refractivity contribution < 1.29 is 19.1 Å². The van der Waals surface area contributed by atoms with E-state index >= 15 is 0 Å². The first-order valence-corrected chi connectivity index (χ1v) is 7.44. The van der Waals surface area contributed by atoms with Gasteiger partial charge in [0, 0.05) is 25.5 Å². The van der Waals surface area contributed by atoms with E-state index < -0.39 is 11.6 Å². The maximum Gasteiger partial charge on any atom is 0.415 e. The first-order valence-electron chi connectivity index (χ1n) is 6.90. The first-order chi connectivity index (χ1) is 10.5. The Morgan fingerprint density at radius 2 is 2.23 bits per heavy atom. The van der Waals surface area contributed by atoms with Crippen LogP contribution < -0.4 is 10.2 Å². The topological polar surface area (TPSA) is 75.7 Å². The Morgan fingerprint density at radius 1 is 1.45 bits per heavy atom. The van der Waals surface area contributed by atoms with Crippen LogP contribution in [0, 0.1) is 0 Å². The lowest BCUT2D eigenvalue weighted by Gasteiger charge is -2.28. The number of cyclic esters (lactones) is 1. The van der Waals surface area contributed by atoms with Gasteiger partial charge in [-0.15, -0.1) is 11.6 Å². The predicted molar refractivity (Wildman–Crippen MR) is 80.4 cm³/mol. The SMILES string of the molecule is CC(=O)NCC12COC(=O)N1c1ccc(C(=O)CCl)cc1C2. The van der Waals surface area contributed by atoms with Crippen LogP contribution in [-0.4, -0.2) is 42.4 Å². The highest BCUT2D eigenvalue weighted by Gasteiger charge is 2.53. The van der Waals surface area contributed by atoms with E-state index in [1.54, 1.807) is 23.1 Å². The van der Waals surface area contributed by atoms with Crippen LogP contribution in [0.15, 0.2) is 18.2 Å². The molecule has 1 aromatic rings. The Balaban J connectivity index is 1.96. The lowest BCUT2D eigenvalue weighted by atomic mass is 9.95. The summed E-state index contributed by atoms with van der Waals surface area (Å²) in [6.45, 7) is 1.94. The Bertz CT molecular complexity index is 676. The van der Waals surface area contributed by atoms with Gasteiger partial charge >= 0.3 is 6.09 Å². The highest BCUT2D eigenvalue weighted by molar-refractivity contribution is 6.30. The lowest BCUT2D eigenvalue weighted by Crippen LogP contribution is -2.53. The smallest absolute Gasteiger partial charge is 0.415 e. The molecule has 2 aliphatic rings. The molecule has 6 nitrogen and oxygen atoms in total. The van der Waals surface area contributed by atoms with E-state index in [0.29, 0.717) is 18.5 Å². The summed E-state index contributed by atoms with van der Waals surface area (Å²) in [7, 11) is 0. The summed E-state index contributed by atoms with van der Waals surface area (Å²) in [5.41, 5.74) is 1.52. The number of benzene rings is 1. The van der Waals surface area contributed by atoms with E-state index in [1.165, 1.54) is 6.92 Å². The van der Waals surface area contributed by atoms with Gasteiger partial charge in [0.1, 0.15) is 12.1 Å². The second-order valence-electron chi connectivity index (χ2n) is 5.60. The van der Waals surface area contributed by atoms with Gasteiger partial charge in [-0.2, -0.15) is 0 Å². The molecule has 1 saturated heterocycles. The summed E-state index contributed by atoms with van der Waals surface area (Å²) >= 11 is 5.59. The Kier molecular flexibility index (Phi) is 3.56. The molecule has 2 aliphatic heterocycles. The molecule has 0 spiro atoms. The monoisotopic (exact) mass is 322 g/mol. The number of nitrogens with one attached hydrogen (secondary N) is 1. The largest absolute Gasteiger partial charge is 0.447 e. The van der Waals surface area contributed by atoms with Crippen molar-refractivity contribution in [1.29, 1.82) is 0 Å². The summed E-state index contributed by atoms with van der Waals surface area (Å²) in [6, 6.07) is 5.15. The number of halogens is 1. The normalized spacial score (nSPS) is 22.1. The fourth-order valence-electron chi connectivity index (χ4n) is 3.03. The van der Waals surface area contributed by atoms with Crippen molar-refractivity contribution in [3.05, 3.63) is 29.3 Å². The number of carbonyl (C=O) groups excluding carboxylic acids is 3. The molecule has 116 valence electrons. The molecule has 1 unspecified atom stereocenters. The van der Waals surface area contributed by atoms with Gasteiger partial charge < -0.3 is 10.1 Å². The summed E-state index contributed by atoms with van der Waals surface area (Å²) in [5.74, 6) is -0.403. The quantitative estimate of drug-likeness (QED) is 0.673. The van der Waals surface area contributed by atoms with Crippen LogP contribution in [-0.2, 0) is 16.0 Å². The van der Waals surface area contributed by atoms with Gasteiger partial charge in [-0.05, 0) is 23.8 Å². The molecular formula is C15H15ClN2O4. The molecule has 1 aromatic carbocycles. The maximum atomic E-state index is 12.0.